The number of carbonyl (C=O) groups is 3. The van der Waals surface area contributed by atoms with Gasteiger partial charge < -0.3 is 30.1 Å². The number of halogens is 2. The molecule has 3 N–H and O–H groups in total. The lowest BCUT2D eigenvalue weighted by Crippen LogP contribution is -2.40. The van der Waals surface area contributed by atoms with Gasteiger partial charge in [-0.3, -0.25) is 4.79 Å². The minimum atomic E-state index is -1.19. The molecule has 1 aromatic heterocycles. The highest BCUT2D eigenvalue weighted by Gasteiger charge is 2.35. The molecule has 0 unspecified atom stereocenters. The van der Waals surface area contributed by atoms with Crippen LogP contribution in [0.1, 0.15) is 22.3 Å². The van der Waals surface area contributed by atoms with Crippen LogP contribution in [0, 0.1) is 0 Å². The summed E-state index contributed by atoms with van der Waals surface area (Å²) in [5, 5.41) is 14.5. The Morgan fingerprint density at radius 1 is 1.13 bits per heavy atom. The quantitative estimate of drug-likeness (QED) is 0.323. The van der Waals surface area contributed by atoms with Crippen molar-refractivity contribution in [3.05, 3.63) is 76.4 Å². The van der Waals surface area contributed by atoms with Crippen LogP contribution in [0.5, 0.6) is 11.6 Å². The second-order valence-electron chi connectivity index (χ2n) is 8.80. The average molecular weight is 601 g/mol. The van der Waals surface area contributed by atoms with E-state index in [2.05, 4.69) is 31.5 Å². The number of nitrogens with one attached hydrogen (secondary N) is 2. The maximum Gasteiger partial charge on any atom is 0.337 e. The fourth-order valence-corrected chi connectivity index (χ4v) is 4.54. The molecule has 4 rings (SSSR count). The second kappa shape index (κ2) is 12.6. The first kappa shape index (κ1) is 27.8. The number of methoxy groups -OCH3 is 1. The molecular formula is C27H26BrFN4O6. The Morgan fingerprint density at radius 3 is 2.59 bits per heavy atom. The van der Waals surface area contributed by atoms with Gasteiger partial charge in [0.1, 0.15) is 18.5 Å². The van der Waals surface area contributed by atoms with E-state index in [1.54, 1.807) is 36.4 Å². The Bertz CT molecular complexity index is 1360. The SMILES string of the molecule is COc1cc(CC(=O)N2C[C@@H](F)C[C@H]2COc2ccc(C(=O)O)cn2)ccc1NC(=O)Nc1ccccc1Br. The number of urea groups is 1. The standard InChI is InChI=1S/C27H26BrFN4O6/c1-38-23-10-16(6-8-22(23)32-27(37)31-21-5-3-2-4-20(21)28)11-25(34)33-14-18(29)12-19(33)15-39-24-9-7-17(13-30-24)26(35)36/h2-10,13,18-19H,11-12,14-15H2,1H3,(H,35,36)(H2,31,32,37)/t18-,19-/m0/s1. The number of hydrogen-bond acceptors (Lipinski definition) is 6. The Kier molecular flexibility index (Phi) is 8.97. The van der Waals surface area contributed by atoms with Gasteiger partial charge in [-0.25, -0.2) is 19.0 Å². The van der Waals surface area contributed by atoms with E-state index in [9.17, 15) is 18.8 Å². The molecule has 1 aliphatic heterocycles. The topological polar surface area (TPSA) is 130 Å². The summed E-state index contributed by atoms with van der Waals surface area (Å²) in [5.74, 6) is -0.840. The highest BCUT2D eigenvalue weighted by molar-refractivity contribution is 9.10. The molecule has 0 aliphatic carbocycles. The Hall–Kier alpha value is -4.19. The minimum absolute atomic E-state index is 0.00538. The summed E-state index contributed by atoms with van der Waals surface area (Å²) in [5.41, 5.74) is 1.65. The van der Waals surface area contributed by atoms with Crippen LogP contribution in [0.2, 0.25) is 0 Å². The summed E-state index contributed by atoms with van der Waals surface area (Å²) in [7, 11) is 1.45. The molecule has 2 aromatic carbocycles. The van der Waals surface area contributed by atoms with Crippen molar-refractivity contribution in [1.29, 1.82) is 0 Å². The zero-order chi connectivity index (χ0) is 27.9. The molecule has 0 bridgehead atoms. The number of carboxylic acids is 1. The molecule has 10 nitrogen and oxygen atoms in total. The van der Waals surface area contributed by atoms with Crippen molar-refractivity contribution in [2.24, 2.45) is 0 Å². The summed E-state index contributed by atoms with van der Waals surface area (Å²) in [4.78, 5) is 41.9. The number of nitrogens with zero attached hydrogens (tertiary/aromatic N) is 2. The van der Waals surface area contributed by atoms with Crippen molar-refractivity contribution in [2.75, 3.05) is 30.9 Å². The van der Waals surface area contributed by atoms with Crippen LogP contribution in [0.25, 0.3) is 0 Å². The van der Waals surface area contributed by atoms with E-state index in [0.717, 1.165) is 4.47 Å². The second-order valence-corrected chi connectivity index (χ2v) is 9.66. The molecule has 12 heteroatoms. The van der Waals surface area contributed by atoms with Gasteiger partial charge >= 0.3 is 12.0 Å². The minimum Gasteiger partial charge on any atom is -0.495 e. The molecule has 39 heavy (non-hydrogen) atoms. The van der Waals surface area contributed by atoms with Crippen LogP contribution < -0.4 is 20.1 Å². The van der Waals surface area contributed by atoms with E-state index in [0.29, 0.717) is 22.7 Å². The molecule has 0 radical (unpaired) electrons. The lowest BCUT2D eigenvalue weighted by molar-refractivity contribution is -0.132. The number of hydrogen-bond donors (Lipinski definition) is 3. The molecule has 2 atom stereocenters. The number of alkyl halides is 1. The first-order chi connectivity index (χ1) is 18.7. The van der Waals surface area contributed by atoms with Gasteiger partial charge in [-0.2, -0.15) is 0 Å². The molecule has 1 saturated heterocycles. The number of benzene rings is 2. The van der Waals surface area contributed by atoms with Crippen LogP contribution in [-0.2, 0) is 11.2 Å². The Balaban J connectivity index is 1.37. The number of carbonyl (C=O) groups excluding carboxylic acids is 2. The third kappa shape index (κ3) is 7.23. The highest BCUT2D eigenvalue weighted by Crippen LogP contribution is 2.28. The summed E-state index contributed by atoms with van der Waals surface area (Å²) in [6, 6.07) is 14.0. The lowest BCUT2D eigenvalue weighted by atomic mass is 10.1. The van der Waals surface area contributed by atoms with Crippen molar-refractivity contribution in [3.63, 3.8) is 0 Å². The molecule has 0 spiro atoms. The van der Waals surface area contributed by atoms with Gasteiger partial charge in [-0.05, 0) is 51.8 Å². The number of anilines is 2. The van der Waals surface area contributed by atoms with Gasteiger partial charge in [0.2, 0.25) is 11.8 Å². The molecular weight excluding hydrogens is 575 g/mol. The zero-order valence-corrected chi connectivity index (χ0v) is 22.5. The van der Waals surface area contributed by atoms with Gasteiger partial charge in [0.15, 0.2) is 0 Å². The maximum absolute atomic E-state index is 14.3. The number of carboxylic acid groups (broad SMARTS) is 1. The molecule has 1 fully saturated rings. The van der Waals surface area contributed by atoms with E-state index in [-0.39, 0.29) is 43.3 Å². The predicted octanol–water partition coefficient (Wildman–Crippen LogP) is 4.76. The monoisotopic (exact) mass is 600 g/mol. The van der Waals surface area contributed by atoms with E-state index in [4.69, 9.17) is 14.6 Å². The number of amides is 3. The number of para-hydroxylation sites is 1. The number of ether oxygens (including phenoxy) is 2. The highest BCUT2D eigenvalue weighted by atomic mass is 79.9. The van der Waals surface area contributed by atoms with Crippen molar-refractivity contribution in [2.45, 2.75) is 25.1 Å². The zero-order valence-electron chi connectivity index (χ0n) is 20.9. The third-order valence-corrected chi connectivity index (χ3v) is 6.77. The first-order valence-electron chi connectivity index (χ1n) is 12.0. The van der Waals surface area contributed by atoms with Crippen LogP contribution in [0.3, 0.4) is 0 Å². The smallest absolute Gasteiger partial charge is 0.337 e. The summed E-state index contributed by atoms with van der Waals surface area (Å²) < 4.78 is 26.0. The first-order valence-corrected chi connectivity index (χ1v) is 12.8. The molecule has 3 aromatic rings. The molecule has 0 saturated carbocycles. The van der Waals surface area contributed by atoms with E-state index >= 15 is 0 Å². The maximum atomic E-state index is 14.3. The average Bonchev–Trinajstić information content (AvgIpc) is 3.30. The number of rotatable bonds is 9. The van der Waals surface area contributed by atoms with Crippen molar-refractivity contribution in [3.8, 4) is 11.6 Å². The summed E-state index contributed by atoms with van der Waals surface area (Å²) in [6.07, 6.45) is 0.101. The van der Waals surface area contributed by atoms with E-state index < -0.39 is 24.2 Å². The molecule has 2 heterocycles. The van der Waals surface area contributed by atoms with Crippen molar-refractivity contribution in [1.82, 2.24) is 9.88 Å². The van der Waals surface area contributed by atoms with Gasteiger partial charge in [0, 0.05) is 23.2 Å². The van der Waals surface area contributed by atoms with Crippen LogP contribution >= 0.6 is 15.9 Å². The molecule has 3 amide bonds. The number of aromatic carboxylic acids is 1. The Labute approximate surface area is 232 Å². The van der Waals surface area contributed by atoms with Gasteiger partial charge in [-0.1, -0.05) is 18.2 Å². The molecule has 1 aliphatic rings. The number of pyridine rings is 1. The van der Waals surface area contributed by atoms with Crippen LogP contribution in [-0.4, -0.2) is 65.4 Å². The predicted molar refractivity (Wildman–Crippen MR) is 145 cm³/mol. The molecule has 204 valence electrons. The Morgan fingerprint density at radius 2 is 1.90 bits per heavy atom. The van der Waals surface area contributed by atoms with E-state index in [1.165, 1.54) is 30.3 Å². The third-order valence-electron chi connectivity index (χ3n) is 6.08. The van der Waals surface area contributed by atoms with Crippen molar-refractivity contribution >= 4 is 45.2 Å². The summed E-state index contributed by atoms with van der Waals surface area (Å²) >= 11 is 3.38. The van der Waals surface area contributed by atoms with Crippen molar-refractivity contribution < 1.29 is 33.4 Å². The van der Waals surface area contributed by atoms with Crippen LogP contribution in [0.15, 0.2) is 65.3 Å². The number of aromatic nitrogens is 1. The summed E-state index contributed by atoms with van der Waals surface area (Å²) in [6.45, 7) is -0.0331. The van der Waals surface area contributed by atoms with Gasteiger partial charge in [-0.15, -0.1) is 0 Å². The normalized spacial score (nSPS) is 16.4. The number of likely N-dealkylation sites (tertiary alicyclic amines) is 1. The fourth-order valence-electron chi connectivity index (χ4n) is 4.16. The largest absolute Gasteiger partial charge is 0.495 e. The lowest BCUT2D eigenvalue weighted by Gasteiger charge is -2.24. The van der Waals surface area contributed by atoms with Gasteiger partial charge in [0.05, 0.1) is 43.1 Å². The van der Waals surface area contributed by atoms with E-state index in [1.807, 2.05) is 6.07 Å². The fraction of sp³-hybridized carbons (Fsp3) is 0.259. The van der Waals surface area contributed by atoms with Crippen LogP contribution in [0.4, 0.5) is 20.6 Å². The van der Waals surface area contributed by atoms with Gasteiger partial charge in [0.25, 0.3) is 0 Å².